The number of carbonyl (C=O) groups excluding carboxylic acids is 1. The van der Waals surface area contributed by atoms with E-state index >= 15 is 0 Å². The van der Waals surface area contributed by atoms with Crippen molar-refractivity contribution in [3.8, 4) is 5.75 Å². The van der Waals surface area contributed by atoms with Crippen LogP contribution in [0.25, 0.3) is 0 Å². The van der Waals surface area contributed by atoms with Gasteiger partial charge < -0.3 is 14.7 Å². The van der Waals surface area contributed by atoms with Gasteiger partial charge in [0.15, 0.2) is 0 Å². The number of amides is 1. The number of pyridine rings is 1. The molecule has 4 rings (SSSR count). The summed E-state index contributed by atoms with van der Waals surface area (Å²) in [5, 5.41) is 11.0. The number of fused-ring (bicyclic) bond motifs is 1. The van der Waals surface area contributed by atoms with Crippen molar-refractivity contribution in [1.29, 1.82) is 0 Å². The molecule has 2 atom stereocenters. The zero-order valence-corrected chi connectivity index (χ0v) is 16.5. The van der Waals surface area contributed by atoms with Gasteiger partial charge in [0.1, 0.15) is 17.5 Å². The maximum absolute atomic E-state index is 13.0. The number of likely N-dealkylation sites (tertiary alicyclic amines) is 1. The Balaban J connectivity index is 1.85. The predicted molar refractivity (Wildman–Crippen MR) is 101 cm³/mol. The lowest BCUT2D eigenvalue weighted by molar-refractivity contribution is -0.139. The molecule has 8 heteroatoms. The lowest BCUT2D eigenvalue weighted by Crippen LogP contribution is -2.53. The van der Waals surface area contributed by atoms with E-state index in [9.17, 15) is 18.3 Å². The summed E-state index contributed by atoms with van der Waals surface area (Å²) in [6, 6.07) is 6.98. The van der Waals surface area contributed by atoms with Crippen LogP contribution in [0.2, 0.25) is 0 Å². The monoisotopic (exact) mass is 402 g/mol. The molecular formula is C20H22N2O5S. The van der Waals surface area contributed by atoms with Gasteiger partial charge >= 0.3 is 0 Å². The second-order valence-corrected chi connectivity index (χ2v) is 9.63. The summed E-state index contributed by atoms with van der Waals surface area (Å²) in [7, 11) is -3.78. The van der Waals surface area contributed by atoms with Gasteiger partial charge in [0, 0.05) is 30.9 Å². The molecule has 0 unspecified atom stereocenters. The van der Waals surface area contributed by atoms with E-state index in [0.29, 0.717) is 30.7 Å². The predicted octanol–water partition coefficient (Wildman–Crippen LogP) is 2.11. The van der Waals surface area contributed by atoms with Crippen LogP contribution in [0.3, 0.4) is 0 Å². The normalized spacial score (nSPS) is 24.0. The quantitative estimate of drug-likeness (QED) is 0.845. The Bertz CT molecular complexity index is 1020. The fourth-order valence-electron chi connectivity index (χ4n) is 3.86. The molecule has 1 N–H and O–H groups in total. The van der Waals surface area contributed by atoms with Crippen LogP contribution in [0, 0.1) is 0 Å². The molecule has 1 fully saturated rings. The van der Waals surface area contributed by atoms with Gasteiger partial charge in [-0.15, -0.1) is 0 Å². The summed E-state index contributed by atoms with van der Waals surface area (Å²) in [5.41, 5.74) is -0.406. The van der Waals surface area contributed by atoms with Crippen molar-refractivity contribution >= 4 is 15.7 Å². The van der Waals surface area contributed by atoms with E-state index in [1.807, 2.05) is 0 Å². The van der Waals surface area contributed by atoms with Crippen molar-refractivity contribution in [3.05, 3.63) is 48.3 Å². The number of aliphatic hydroxyl groups is 1. The number of hydrogen-bond donors (Lipinski definition) is 1. The largest absolute Gasteiger partial charge is 0.485 e. The van der Waals surface area contributed by atoms with Crippen LogP contribution < -0.4 is 4.74 Å². The molecule has 2 aliphatic rings. The molecule has 0 aliphatic carbocycles. The average molecular weight is 402 g/mol. The molecule has 28 heavy (non-hydrogen) atoms. The van der Waals surface area contributed by atoms with Crippen LogP contribution in [-0.2, 0) is 14.6 Å². The van der Waals surface area contributed by atoms with Crippen molar-refractivity contribution in [2.24, 2.45) is 0 Å². The minimum atomic E-state index is -3.78. The molecule has 1 aromatic carbocycles. The molecule has 1 amide bonds. The molecular weight excluding hydrogens is 380 g/mol. The standard InChI is InChI=1S/C20H22N2O5S/c1-20(2)19(24)18(22-10-4-6-17(22)23)15-11-13(7-8-16(15)27-20)28(25,26)14-5-3-9-21-12-14/h3,5,7-9,11-12,18-19,24H,4,6,10H2,1-2H3/t18-,19+/m0/s1. The van der Waals surface area contributed by atoms with E-state index in [4.69, 9.17) is 4.74 Å². The zero-order chi connectivity index (χ0) is 20.1. The highest BCUT2D eigenvalue weighted by molar-refractivity contribution is 7.91. The highest BCUT2D eigenvalue weighted by Crippen LogP contribution is 2.45. The number of rotatable bonds is 3. The summed E-state index contributed by atoms with van der Waals surface area (Å²) in [4.78, 5) is 18.1. The summed E-state index contributed by atoms with van der Waals surface area (Å²) < 4.78 is 31.9. The maximum atomic E-state index is 13.0. The van der Waals surface area contributed by atoms with E-state index < -0.39 is 27.6 Å². The van der Waals surface area contributed by atoms with Gasteiger partial charge in [0.25, 0.3) is 0 Å². The van der Waals surface area contributed by atoms with E-state index in [0.717, 1.165) is 0 Å². The van der Waals surface area contributed by atoms with Crippen molar-refractivity contribution < 1.29 is 23.1 Å². The Morgan fingerprint density at radius 1 is 1.25 bits per heavy atom. The Labute approximate surface area is 163 Å². The summed E-state index contributed by atoms with van der Waals surface area (Å²) in [5.74, 6) is 0.429. The first-order chi connectivity index (χ1) is 13.2. The number of hydrogen-bond acceptors (Lipinski definition) is 6. The number of nitrogens with zero attached hydrogens (tertiary/aromatic N) is 2. The van der Waals surface area contributed by atoms with Crippen molar-refractivity contribution in [1.82, 2.24) is 9.88 Å². The van der Waals surface area contributed by atoms with Crippen LogP contribution in [0.5, 0.6) is 5.75 Å². The van der Waals surface area contributed by atoms with Gasteiger partial charge in [-0.25, -0.2) is 8.42 Å². The number of carbonyl (C=O) groups is 1. The first-order valence-electron chi connectivity index (χ1n) is 9.17. The van der Waals surface area contributed by atoms with Crippen LogP contribution in [0.15, 0.2) is 52.5 Å². The minimum absolute atomic E-state index is 0.0479. The minimum Gasteiger partial charge on any atom is -0.485 e. The van der Waals surface area contributed by atoms with Gasteiger partial charge in [0.2, 0.25) is 15.7 Å². The molecule has 2 aromatic rings. The highest BCUT2D eigenvalue weighted by atomic mass is 32.2. The molecule has 148 valence electrons. The third-order valence-electron chi connectivity index (χ3n) is 5.39. The van der Waals surface area contributed by atoms with E-state index in [1.54, 1.807) is 30.9 Å². The van der Waals surface area contributed by atoms with Crippen molar-refractivity contribution in [3.63, 3.8) is 0 Å². The topological polar surface area (TPSA) is 96.8 Å². The lowest BCUT2D eigenvalue weighted by Gasteiger charge is -2.45. The molecule has 3 heterocycles. The van der Waals surface area contributed by atoms with Crippen LogP contribution in [0.4, 0.5) is 0 Å². The van der Waals surface area contributed by atoms with Crippen LogP contribution >= 0.6 is 0 Å². The fraction of sp³-hybridized carbons (Fsp3) is 0.400. The smallest absolute Gasteiger partial charge is 0.223 e. The van der Waals surface area contributed by atoms with Gasteiger partial charge in [0.05, 0.1) is 15.8 Å². The number of aromatic nitrogens is 1. The maximum Gasteiger partial charge on any atom is 0.223 e. The van der Waals surface area contributed by atoms with Gasteiger partial charge in [-0.05, 0) is 50.6 Å². The second-order valence-electron chi connectivity index (χ2n) is 7.68. The van der Waals surface area contributed by atoms with E-state index in [2.05, 4.69) is 4.98 Å². The number of sulfone groups is 1. The molecule has 0 spiro atoms. The van der Waals surface area contributed by atoms with E-state index in [1.165, 1.54) is 30.6 Å². The summed E-state index contributed by atoms with van der Waals surface area (Å²) >= 11 is 0. The first-order valence-corrected chi connectivity index (χ1v) is 10.7. The SMILES string of the molecule is CC1(C)Oc2ccc(S(=O)(=O)c3cccnc3)cc2[C@H](N2CCCC2=O)[C@H]1O. The van der Waals surface area contributed by atoms with Gasteiger partial charge in [-0.2, -0.15) is 0 Å². The Hall–Kier alpha value is -2.45. The number of benzene rings is 1. The Morgan fingerprint density at radius 3 is 2.68 bits per heavy atom. The molecule has 0 saturated carbocycles. The Kier molecular flexibility index (Phi) is 4.43. The second kappa shape index (κ2) is 6.56. The molecule has 0 bridgehead atoms. The molecule has 0 radical (unpaired) electrons. The van der Waals surface area contributed by atoms with Gasteiger partial charge in [-0.3, -0.25) is 9.78 Å². The molecule has 1 saturated heterocycles. The zero-order valence-electron chi connectivity index (χ0n) is 15.7. The number of aliphatic hydroxyl groups excluding tert-OH is 1. The molecule has 2 aliphatic heterocycles. The third-order valence-corrected chi connectivity index (χ3v) is 7.12. The highest BCUT2D eigenvalue weighted by Gasteiger charge is 2.47. The molecule has 1 aromatic heterocycles. The average Bonchev–Trinajstić information content (AvgIpc) is 3.08. The van der Waals surface area contributed by atoms with Crippen LogP contribution in [-0.4, -0.2) is 47.6 Å². The van der Waals surface area contributed by atoms with Crippen LogP contribution in [0.1, 0.15) is 38.3 Å². The summed E-state index contributed by atoms with van der Waals surface area (Å²) in [6.45, 7) is 4.04. The van der Waals surface area contributed by atoms with Crippen molar-refractivity contribution in [2.75, 3.05) is 6.54 Å². The van der Waals surface area contributed by atoms with E-state index in [-0.39, 0.29) is 15.7 Å². The number of ether oxygens (including phenoxy) is 1. The lowest BCUT2D eigenvalue weighted by atomic mass is 9.85. The van der Waals surface area contributed by atoms with Crippen molar-refractivity contribution in [2.45, 2.75) is 54.2 Å². The molecule has 7 nitrogen and oxygen atoms in total. The Morgan fingerprint density at radius 2 is 2.04 bits per heavy atom. The summed E-state index contributed by atoms with van der Waals surface area (Å²) in [6.07, 6.45) is 2.95. The fourth-order valence-corrected chi connectivity index (χ4v) is 5.11. The van der Waals surface area contributed by atoms with Gasteiger partial charge in [-0.1, -0.05) is 0 Å². The third kappa shape index (κ3) is 2.97. The first kappa shape index (κ1) is 18.9.